The summed E-state index contributed by atoms with van der Waals surface area (Å²) in [5, 5.41) is 0. The van der Waals surface area contributed by atoms with Crippen LogP contribution in [0.15, 0.2) is 17.0 Å². The molecule has 1 aromatic carbocycles. The second kappa shape index (κ2) is 4.83. The van der Waals surface area contributed by atoms with E-state index in [1.807, 2.05) is 0 Å². The number of fused-ring (bicyclic) bond motifs is 1. The minimum Gasteiger partial charge on any atom is -0.126 e. The fraction of sp³-hybridized carbons (Fsp3) is 0.600. The maximum Gasteiger partial charge on any atom is 0.0141 e. The van der Waals surface area contributed by atoms with Crippen molar-refractivity contribution in [2.45, 2.75) is 57.3 Å². The van der Waals surface area contributed by atoms with Crippen molar-refractivity contribution in [3.05, 3.63) is 28.8 Å². The van der Waals surface area contributed by atoms with Crippen LogP contribution in [0.2, 0.25) is 0 Å². The maximum atomic E-state index is 2.37. The van der Waals surface area contributed by atoms with Gasteiger partial charge in [0, 0.05) is 4.90 Å². The molecule has 0 bridgehead atoms. The third-order valence-electron chi connectivity index (χ3n) is 3.35. The molecule has 0 aromatic heterocycles. The van der Waals surface area contributed by atoms with Crippen LogP contribution in [-0.4, -0.2) is 5.75 Å². The van der Waals surface area contributed by atoms with Crippen LogP contribution in [0.4, 0.5) is 0 Å². The lowest BCUT2D eigenvalue weighted by Gasteiger charge is -2.25. The van der Waals surface area contributed by atoms with Gasteiger partial charge in [0.2, 0.25) is 0 Å². The summed E-state index contributed by atoms with van der Waals surface area (Å²) in [6, 6.07) is 4.73. The van der Waals surface area contributed by atoms with Crippen molar-refractivity contribution in [3.8, 4) is 0 Å². The van der Waals surface area contributed by atoms with E-state index in [1.54, 1.807) is 21.6 Å². The van der Waals surface area contributed by atoms with E-state index in [-0.39, 0.29) is 0 Å². The number of thioether (sulfide) groups is 1. The van der Waals surface area contributed by atoms with Crippen molar-refractivity contribution >= 4 is 11.8 Å². The number of hydrogen-bond donors (Lipinski definition) is 0. The minimum atomic E-state index is 0.644. The van der Waals surface area contributed by atoms with E-state index >= 15 is 0 Å². The van der Waals surface area contributed by atoms with Crippen LogP contribution >= 0.6 is 11.8 Å². The standard InChI is InChI=1S/C15H22S/c1-10(2)13-8-7-12-6-5-9-16-15(12)14(13)11(3)4/h7-8,10-11H,5-6,9H2,1-4H3. The molecule has 0 unspecified atom stereocenters. The zero-order valence-corrected chi connectivity index (χ0v) is 11.7. The van der Waals surface area contributed by atoms with E-state index in [2.05, 4.69) is 51.6 Å². The summed E-state index contributed by atoms with van der Waals surface area (Å²) >= 11 is 2.08. The molecule has 1 aliphatic heterocycles. The fourth-order valence-corrected chi connectivity index (χ4v) is 3.92. The highest BCUT2D eigenvalue weighted by Gasteiger charge is 2.20. The molecule has 0 N–H and O–H groups in total. The van der Waals surface area contributed by atoms with Crippen LogP contribution in [0.1, 0.15) is 62.6 Å². The van der Waals surface area contributed by atoms with Crippen LogP contribution in [-0.2, 0) is 6.42 Å². The molecule has 0 fully saturated rings. The molecule has 1 aromatic rings. The molecular weight excluding hydrogens is 212 g/mol. The summed E-state index contributed by atoms with van der Waals surface area (Å²) in [7, 11) is 0. The Morgan fingerprint density at radius 1 is 1.06 bits per heavy atom. The Labute approximate surface area is 104 Å². The van der Waals surface area contributed by atoms with Crippen molar-refractivity contribution < 1.29 is 0 Å². The summed E-state index contributed by atoms with van der Waals surface area (Å²) in [5.41, 5.74) is 4.77. The van der Waals surface area contributed by atoms with Gasteiger partial charge in [-0.05, 0) is 47.1 Å². The normalized spacial score (nSPS) is 15.6. The Kier molecular flexibility index (Phi) is 3.63. The largest absolute Gasteiger partial charge is 0.126 e. The molecule has 0 spiro atoms. The van der Waals surface area contributed by atoms with Gasteiger partial charge in [-0.25, -0.2) is 0 Å². The lowest BCUT2D eigenvalue weighted by molar-refractivity contribution is 0.754. The van der Waals surface area contributed by atoms with Crippen molar-refractivity contribution in [3.63, 3.8) is 0 Å². The predicted molar refractivity (Wildman–Crippen MR) is 73.7 cm³/mol. The Morgan fingerprint density at radius 3 is 2.44 bits per heavy atom. The second-order valence-corrected chi connectivity index (χ2v) is 6.42. The number of aryl methyl sites for hydroxylation is 1. The average Bonchev–Trinajstić information content (AvgIpc) is 2.27. The van der Waals surface area contributed by atoms with Gasteiger partial charge in [-0.2, -0.15) is 0 Å². The molecule has 0 radical (unpaired) electrons. The Bertz CT molecular complexity index is 377. The zero-order chi connectivity index (χ0) is 11.7. The van der Waals surface area contributed by atoms with Crippen molar-refractivity contribution in [2.24, 2.45) is 0 Å². The summed E-state index contributed by atoms with van der Waals surface area (Å²) in [6.45, 7) is 9.27. The van der Waals surface area contributed by atoms with Gasteiger partial charge in [0.25, 0.3) is 0 Å². The van der Waals surface area contributed by atoms with Crippen molar-refractivity contribution in [1.29, 1.82) is 0 Å². The Morgan fingerprint density at radius 2 is 1.81 bits per heavy atom. The van der Waals surface area contributed by atoms with Crippen molar-refractivity contribution in [1.82, 2.24) is 0 Å². The predicted octanol–water partition coefficient (Wildman–Crippen LogP) is 4.97. The van der Waals surface area contributed by atoms with E-state index in [4.69, 9.17) is 0 Å². The van der Waals surface area contributed by atoms with Crippen LogP contribution < -0.4 is 0 Å². The monoisotopic (exact) mass is 234 g/mol. The molecular formula is C15H22S. The molecule has 1 heteroatoms. The first-order valence-electron chi connectivity index (χ1n) is 6.39. The fourth-order valence-electron chi connectivity index (χ4n) is 2.56. The molecule has 88 valence electrons. The van der Waals surface area contributed by atoms with E-state index < -0.39 is 0 Å². The average molecular weight is 234 g/mol. The minimum absolute atomic E-state index is 0.644. The van der Waals surface area contributed by atoms with Gasteiger partial charge >= 0.3 is 0 Å². The van der Waals surface area contributed by atoms with Crippen LogP contribution in [0.5, 0.6) is 0 Å². The Balaban J connectivity index is 2.57. The van der Waals surface area contributed by atoms with Crippen LogP contribution in [0, 0.1) is 0 Å². The topological polar surface area (TPSA) is 0 Å². The van der Waals surface area contributed by atoms with Gasteiger partial charge in [0.1, 0.15) is 0 Å². The number of hydrogen-bond acceptors (Lipinski definition) is 1. The lowest BCUT2D eigenvalue weighted by Crippen LogP contribution is -2.07. The summed E-state index contributed by atoms with van der Waals surface area (Å²) in [5.74, 6) is 2.59. The van der Waals surface area contributed by atoms with Gasteiger partial charge in [-0.3, -0.25) is 0 Å². The first kappa shape index (κ1) is 12.0. The summed E-state index contributed by atoms with van der Waals surface area (Å²) in [6.07, 6.45) is 2.62. The van der Waals surface area contributed by atoms with Gasteiger partial charge in [-0.1, -0.05) is 39.8 Å². The second-order valence-electron chi connectivity index (χ2n) is 5.32. The molecule has 0 atom stereocenters. The highest BCUT2D eigenvalue weighted by molar-refractivity contribution is 7.99. The molecule has 0 saturated carbocycles. The summed E-state index contributed by atoms with van der Waals surface area (Å²) in [4.78, 5) is 1.60. The van der Waals surface area contributed by atoms with E-state index in [0.717, 1.165) is 0 Å². The molecule has 1 heterocycles. The molecule has 0 saturated heterocycles. The van der Waals surface area contributed by atoms with Gasteiger partial charge in [0.15, 0.2) is 0 Å². The van der Waals surface area contributed by atoms with E-state index in [0.29, 0.717) is 11.8 Å². The highest BCUT2D eigenvalue weighted by Crippen LogP contribution is 2.40. The van der Waals surface area contributed by atoms with Gasteiger partial charge in [-0.15, -0.1) is 11.8 Å². The highest BCUT2D eigenvalue weighted by atomic mass is 32.2. The molecule has 16 heavy (non-hydrogen) atoms. The molecule has 0 aliphatic carbocycles. The van der Waals surface area contributed by atoms with E-state index in [1.165, 1.54) is 18.6 Å². The van der Waals surface area contributed by atoms with Gasteiger partial charge in [0.05, 0.1) is 0 Å². The first-order valence-corrected chi connectivity index (χ1v) is 7.38. The Hall–Kier alpha value is -0.430. The summed E-state index contributed by atoms with van der Waals surface area (Å²) < 4.78 is 0. The maximum absolute atomic E-state index is 2.37. The van der Waals surface area contributed by atoms with E-state index in [9.17, 15) is 0 Å². The van der Waals surface area contributed by atoms with Crippen LogP contribution in [0.25, 0.3) is 0 Å². The number of benzene rings is 1. The van der Waals surface area contributed by atoms with Crippen LogP contribution in [0.3, 0.4) is 0 Å². The smallest absolute Gasteiger partial charge is 0.0141 e. The molecule has 0 amide bonds. The first-order chi connectivity index (χ1) is 7.61. The molecule has 1 aliphatic rings. The van der Waals surface area contributed by atoms with Crippen molar-refractivity contribution in [2.75, 3.05) is 5.75 Å². The molecule has 2 rings (SSSR count). The quantitative estimate of drug-likeness (QED) is 0.696. The lowest BCUT2D eigenvalue weighted by atomic mass is 9.88. The third kappa shape index (κ3) is 2.15. The number of rotatable bonds is 2. The third-order valence-corrected chi connectivity index (χ3v) is 4.61. The zero-order valence-electron chi connectivity index (χ0n) is 10.8. The van der Waals surface area contributed by atoms with Gasteiger partial charge < -0.3 is 0 Å². The SMILES string of the molecule is CC(C)c1ccc2c(c1C(C)C)SCCC2. The molecule has 0 nitrogen and oxygen atoms in total.